The molecule has 30 heavy (non-hydrogen) atoms. The molecule has 0 unspecified atom stereocenters. The Balaban J connectivity index is 1.85. The van der Waals surface area contributed by atoms with E-state index < -0.39 is 17.3 Å². The number of carboxylic acids is 1. The van der Waals surface area contributed by atoms with Gasteiger partial charge in [-0.2, -0.15) is 0 Å². The van der Waals surface area contributed by atoms with Gasteiger partial charge in [-0.15, -0.1) is 0 Å². The van der Waals surface area contributed by atoms with Gasteiger partial charge in [0, 0.05) is 42.4 Å². The van der Waals surface area contributed by atoms with E-state index in [1.54, 1.807) is 6.20 Å². The monoisotopic (exact) mass is 439 g/mol. The van der Waals surface area contributed by atoms with Crippen molar-refractivity contribution in [2.24, 2.45) is 11.8 Å². The molecule has 0 aromatic heterocycles. The highest BCUT2D eigenvalue weighted by molar-refractivity contribution is 6.31. The van der Waals surface area contributed by atoms with E-state index >= 15 is 0 Å². The molecule has 0 radical (unpaired) electrons. The number of alkyl halides is 2. The zero-order valence-electron chi connectivity index (χ0n) is 17.6. The fraction of sp³-hybridized carbons (Fsp3) is 0.565. The van der Waals surface area contributed by atoms with Crippen LogP contribution in [0, 0.1) is 11.8 Å². The maximum atomic E-state index is 13.1. The van der Waals surface area contributed by atoms with Crippen LogP contribution in [-0.4, -0.2) is 34.4 Å². The summed E-state index contributed by atoms with van der Waals surface area (Å²) in [6.07, 6.45) is 2.25. The lowest BCUT2D eigenvalue weighted by Crippen LogP contribution is -2.42. The number of hydrogen-bond acceptors (Lipinski definition) is 2. The summed E-state index contributed by atoms with van der Waals surface area (Å²) < 4.78 is 26.3. The van der Waals surface area contributed by atoms with Gasteiger partial charge in [0.15, 0.2) is 0 Å². The molecule has 4 nitrogen and oxygen atoms in total. The van der Waals surface area contributed by atoms with Crippen molar-refractivity contribution in [3.63, 3.8) is 0 Å². The molecule has 2 aliphatic rings. The number of carbonyl (C=O) groups is 2. The summed E-state index contributed by atoms with van der Waals surface area (Å²) in [6.45, 7) is 6.24. The topological polar surface area (TPSA) is 57.6 Å². The molecule has 1 saturated carbocycles. The van der Waals surface area contributed by atoms with Crippen molar-refractivity contribution in [3.8, 4) is 0 Å². The second-order valence-corrected chi connectivity index (χ2v) is 9.53. The molecule has 1 N–H and O–H groups in total. The van der Waals surface area contributed by atoms with Crippen molar-refractivity contribution < 1.29 is 23.5 Å². The number of rotatable bonds is 7. The molecule has 1 heterocycles. The number of aliphatic carboxylic acids is 1. The molecule has 1 atom stereocenters. The van der Waals surface area contributed by atoms with Gasteiger partial charge < -0.3 is 10.0 Å². The minimum Gasteiger partial charge on any atom is -0.481 e. The third-order valence-corrected chi connectivity index (χ3v) is 6.67. The van der Waals surface area contributed by atoms with E-state index in [0.29, 0.717) is 11.4 Å². The Morgan fingerprint density at radius 2 is 2.00 bits per heavy atom. The maximum Gasteiger partial charge on any atom is 0.305 e. The number of benzene rings is 1. The molecule has 1 aromatic carbocycles. The minimum absolute atomic E-state index is 0.0518. The zero-order valence-corrected chi connectivity index (χ0v) is 18.3. The van der Waals surface area contributed by atoms with E-state index in [9.17, 15) is 18.4 Å². The largest absolute Gasteiger partial charge is 0.481 e. The first-order valence-electron chi connectivity index (χ1n) is 10.3. The summed E-state index contributed by atoms with van der Waals surface area (Å²) in [6, 6.07) is 5.68. The summed E-state index contributed by atoms with van der Waals surface area (Å²) in [5.74, 6) is -3.52. The van der Waals surface area contributed by atoms with E-state index in [1.165, 1.54) is 4.90 Å². The van der Waals surface area contributed by atoms with Gasteiger partial charge in [0.05, 0.1) is 6.42 Å². The molecule has 1 amide bonds. The van der Waals surface area contributed by atoms with Crippen molar-refractivity contribution in [1.29, 1.82) is 0 Å². The van der Waals surface area contributed by atoms with Crippen molar-refractivity contribution in [2.45, 2.75) is 64.2 Å². The van der Waals surface area contributed by atoms with Crippen molar-refractivity contribution in [3.05, 3.63) is 46.1 Å². The SMILES string of the molecule is CC(C)C1=CN(CCC(=O)O)C(=O)C[C@@]1(C)c1ccc(CC2CC(F)(F)C2)c(Cl)c1. The van der Waals surface area contributed by atoms with Gasteiger partial charge in [0.1, 0.15) is 0 Å². The number of halogens is 3. The number of hydrogen-bond donors (Lipinski definition) is 1. The quantitative estimate of drug-likeness (QED) is 0.616. The molecule has 0 bridgehead atoms. The molecule has 1 aromatic rings. The van der Waals surface area contributed by atoms with Gasteiger partial charge in [-0.25, -0.2) is 8.78 Å². The maximum absolute atomic E-state index is 13.1. The van der Waals surface area contributed by atoms with Gasteiger partial charge in [0.25, 0.3) is 0 Å². The minimum atomic E-state index is -2.55. The summed E-state index contributed by atoms with van der Waals surface area (Å²) in [5, 5.41) is 9.48. The van der Waals surface area contributed by atoms with Crippen LogP contribution in [0.5, 0.6) is 0 Å². The van der Waals surface area contributed by atoms with Crippen LogP contribution in [0.1, 0.15) is 57.6 Å². The van der Waals surface area contributed by atoms with Gasteiger partial charge in [0.2, 0.25) is 11.8 Å². The van der Waals surface area contributed by atoms with Crippen LogP contribution in [0.4, 0.5) is 8.78 Å². The van der Waals surface area contributed by atoms with E-state index in [1.807, 2.05) is 39.0 Å². The van der Waals surface area contributed by atoms with Crippen molar-refractivity contribution >= 4 is 23.5 Å². The molecule has 164 valence electrons. The second kappa shape index (κ2) is 8.29. The molecule has 0 spiro atoms. The lowest BCUT2D eigenvalue weighted by atomic mass is 9.68. The van der Waals surface area contributed by atoms with Crippen LogP contribution in [0.3, 0.4) is 0 Å². The lowest BCUT2D eigenvalue weighted by molar-refractivity contribution is -0.138. The normalized spacial score (nSPS) is 24.0. The molecular weight excluding hydrogens is 412 g/mol. The first-order chi connectivity index (χ1) is 13.9. The van der Waals surface area contributed by atoms with Gasteiger partial charge in [-0.1, -0.05) is 44.5 Å². The first kappa shape index (κ1) is 22.7. The van der Waals surface area contributed by atoms with Crippen molar-refractivity contribution in [1.82, 2.24) is 4.90 Å². The van der Waals surface area contributed by atoms with Crippen LogP contribution in [0.15, 0.2) is 30.0 Å². The predicted molar refractivity (Wildman–Crippen MR) is 112 cm³/mol. The van der Waals surface area contributed by atoms with E-state index in [2.05, 4.69) is 0 Å². The molecule has 3 rings (SSSR count). The highest BCUT2D eigenvalue weighted by atomic mass is 35.5. The fourth-order valence-corrected chi connectivity index (χ4v) is 4.90. The Hall–Kier alpha value is -1.95. The summed E-state index contributed by atoms with van der Waals surface area (Å²) in [4.78, 5) is 25.2. The van der Waals surface area contributed by atoms with Gasteiger partial charge >= 0.3 is 5.97 Å². The Bertz CT molecular complexity index is 875. The highest BCUT2D eigenvalue weighted by Gasteiger charge is 2.45. The predicted octanol–water partition coefficient (Wildman–Crippen LogP) is 5.43. The van der Waals surface area contributed by atoms with Crippen LogP contribution in [0.2, 0.25) is 5.02 Å². The third-order valence-electron chi connectivity index (χ3n) is 6.32. The molecule has 1 aliphatic carbocycles. The Morgan fingerprint density at radius 3 is 2.53 bits per heavy atom. The Labute approximate surface area is 180 Å². The second-order valence-electron chi connectivity index (χ2n) is 9.12. The standard InChI is InChI=1S/C23H28ClF2NO3/c1-14(2)18-13-27(7-6-21(29)30)20(28)12-22(18,3)17-5-4-16(19(24)9-17)8-15-10-23(25,26)11-15/h4-5,9,13-15H,6-8,10-12H2,1-3H3,(H,29,30)/t22-/m0/s1. The lowest BCUT2D eigenvalue weighted by Gasteiger charge is -2.41. The van der Waals surface area contributed by atoms with Gasteiger partial charge in [-0.05, 0) is 41.0 Å². The Kier molecular flexibility index (Phi) is 6.28. The first-order valence-corrected chi connectivity index (χ1v) is 10.7. The fourth-order valence-electron chi connectivity index (χ4n) is 4.65. The summed E-state index contributed by atoms with van der Waals surface area (Å²) in [5.41, 5.74) is 2.23. The number of allylic oxidation sites excluding steroid dienone is 1. The number of nitrogens with zero attached hydrogens (tertiary/aromatic N) is 1. The van der Waals surface area contributed by atoms with Crippen LogP contribution in [0.25, 0.3) is 0 Å². The van der Waals surface area contributed by atoms with Crippen molar-refractivity contribution in [2.75, 3.05) is 6.54 Å². The highest BCUT2D eigenvalue weighted by Crippen LogP contribution is 2.46. The third kappa shape index (κ3) is 4.69. The van der Waals surface area contributed by atoms with Gasteiger partial charge in [-0.3, -0.25) is 9.59 Å². The molecular formula is C23H28ClF2NO3. The zero-order chi connectivity index (χ0) is 22.3. The molecule has 0 saturated heterocycles. The summed E-state index contributed by atoms with van der Waals surface area (Å²) in [7, 11) is 0. The number of carboxylic acid groups (broad SMARTS) is 1. The number of carbonyl (C=O) groups excluding carboxylic acids is 1. The average molecular weight is 440 g/mol. The number of amides is 1. The molecule has 7 heteroatoms. The molecule has 1 aliphatic heterocycles. The van der Waals surface area contributed by atoms with Crippen LogP contribution in [-0.2, 0) is 21.4 Å². The Morgan fingerprint density at radius 1 is 1.33 bits per heavy atom. The van der Waals surface area contributed by atoms with E-state index in [0.717, 1.165) is 16.7 Å². The van der Waals surface area contributed by atoms with E-state index in [4.69, 9.17) is 16.7 Å². The smallest absolute Gasteiger partial charge is 0.305 e. The summed E-state index contributed by atoms with van der Waals surface area (Å²) >= 11 is 6.52. The van der Waals surface area contributed by atoms with Crippen LogP contribution < -0.4 is 0 Å². The van der Waals surface area contributed by atoms with E-state index in [-0.39, 0.29) is 50.0 Å². The average Bonchev–Trinajstić information content (AvgIpc) is 2.60. The van der Waals surface area contributed by atoms with Crippen LogP contribution >= 0.6 is 11.6 Å². The molecule has 1 fully saturated rings.